The lowest BCUT2D eigenvalue weighted by atomic mass is 10.2. The number of carbonyl (C=O) groups is 2. The molecule has 6 nitrogen and oxygen atoms in total. The first kappa shape index (κ1) is 16.0. The molecule has 110 valence electrons. The lowest BCUT2D eigenvalue weighted by Crippen LogP contribution is -2.40. The van der Waals surface area contributed by atoms with E-state index in [-0.39, 0.29) is 24.9 Å². The summed E-state index contributed by atoms with van der Waals surface area (Å²) in [7, 11) is 5.66. The smallest absolute Gasteiger partial charge is 0.242 e. The number of nitrogens with two attached hydrogens (primary N) is 1. The highest BCUT2D eigenvalue weighted by molar-refractivity contribution is 5.85. The maximum atomic E-state index is 11.8. The summed E-state index contributed by atoms with van der Waals surface area (Å²) in [6.07, 6.45) is 0. The van der Waals surface area contributed by atoms with Crippen molar-refractivity contribution in [2.75, 3.05) is 39.1 Å². The molecule has 0 saturated heterocycles. The molecule has 1 rings (SSSR count). The molecule has 0 aliphatic carbocycles. The van der Waals surface area contributed by atoms with Crippen LogP contribution in [0.15, 0.2) is 24.3 Å². The van der Waals surface area contributed by atoms with Gasteiger partial charge in [-0.2, -0.15) is 0 Å². The molecule has 0 aliphatic rings. The summed E-state index contributed by atoms with van der Waals surface area (Å²) in [5.74, 6) is -0.481. The number of likely N-dealkylation sites (N-methyl/N-ethyl adjacent to an activating group) is 1. The van der Waals surface area contributed by atoms with Crippen molar-refractivity contribution in [1.29, 1.82) is 0 Å². The molecule has 3 N–H and O–H groups in total. The van der Waals surface area contributed by atoms with Crippen molar-refractivity contribution >= 4 is 17.5 Å². The third-order valence-corrected chi connectivity index (χ3v) is 2.92. The molecule has 1 aromatic carbocycles. The van der Waals surface area contributed by atoms with E-state index < -0.39 is 0 Å². The van der Waals surface area contributed by atoms with E-state index in [1.807, 2.05) is 43.3 Å². The van der Waals surface area contributed by atoms with Gasteiger partial charge in [-0.1, -0.05) is 12.1 Å². The highest BCUT2D eigenvalue weighted by atomic mass is 16.2. The number of benzene rings is 1. The maximum Gasteiger partial charge on any atom is 0.242 e. The van der Waals surface area contributed by atoms with Crippen LogP contribution in [-0.4, -0.2) is 50.9 Å². The number of carbonyl (C=O) groups excluding carboxylic acids is 2. The van der Waals surface area contributed by atoms with Gasteiger partial charge >= 0.3 is 0 Å². The SMILES string of the molecule is CN(Cc1ccc(N(C)C)cc1)C(=O)CNC(=O)CN. The zero-order chi connectivity index (χ0) is 15.1. The quantitative estimate of drug-likeness (QED) is 0.754. The van der Waals surface area contributed by atoms with Crippen LogP contribution in [0.2, 0.25) is 0 Å². The summed E-state index contributed by atoms with van der Waals surface area (Å²) < 4.78 is 0. The molecular weight excluding hydrogens is 256 g/mol. The van der Waals surface area contributed by atoms with E-state index in [2.05, 4.69) is 5.32 Å². The standard InChI is InChI=1S/C14H22N4O2/c1-17(2)12-6-4-11(5-7-12)10-18(3)14(20)9-16-13(19)8-15/h4-7H,8-10,15H2,1-3H3,(H,16,19). The van der Waals surface area contributed by atoms with Crippen molar-refractivity contribution in [2.45, 2.75) is 6.54 Å². The van der Waals surface area contributed by atoms with Crippen molar-refractivity contribution in [3.05, 3.63) is 29.8 Å². The molecule has 0 aromatic heterocycles. The first-order chi connectivity index (χ1) is 9.43. The number of rotatable bonds is 6. The van der Waals surface area contributed by atoms with Crippen LogP contribution in [0.3, 0.4) is 0 Å². The highest BCUT2D eigenvalue weighted by Gasteiger charge is 2.10. The highest BCUT2D eigenvalue weighted by Crippen LogP contribution is 2.13. The second kappa shape index (κ2) is 7.49. The Morgan fingerprint density at radius 1 is 1.15 bits per heavy atom. The molecule has 0 heterocycles. The fourth-order valence-corrected chi connectivity index (χ4v) is 1.64. The average molecular weight is 278 g/mol. The molecular formula is C14H22N4O2. The molecule has 0 fully saturated rings. The number of nitrogens with one attached hydrogen (secondary N) is 1. The third-order valence-electron chi connectivity index (χ3n) is 2.92. The van der Waals surface area contributed by atoms with Crippen molar-refractivity contribution in [3.63, 3.8) is 0 Å². The van der Waals surface area contributed by atoms with Crippen LogP contribution in [-0.2, 0) is 16.1 Å². The van der Waals surface area contributed by atoms with Crippen molar-refractivity contribution in [1.82, 2.24) is 10.2 Å². The van der Waals surface area contributed by atoms with E-state index in [1.54, 1.807) is 11.9 Å². The van der Waals surface area contributed by atoms with Gasteiger partial charge in [0, 0.05) is 33.4 Å². The van der Waals surface area contributed by atoms with Gasteiger partial charge in [0.05, 0.1) is 13.1 Å². The zero-order valence-corrected chi connectivity index (χ0v) is 12.2. The van der Waals surface area contributed by atoms with Gasteiger partial charge in [0.1, 0.15) is 0 Å². The average Bonchev–Trinajstić information content (AvgIpc) is 2.44. The molecule has 0 unspecified atom stereocenters. The molecule has 1 aromatic rings. The van der Waals surface area contributed by atoms with Crippen LogP contribution in [0, 0.1) is 0 Å². The Morgan fingerprint density at radius 2 is 1.75 bits per heavy atom. The molecule has 0 atom stereocenters. The van der Waals surface area contributed by atoms with Crippen LogP contribution in [0.5, 0.6) is 0 Å². The number of hydrogen-bond acceptors (Lipinski definition) is 4. The molecule has 20 heavy (non-hydrogen) atoms. The fraction of sp³-hybridized carbons (Fsp3) is 0.429. The van der Waals surface area contributed by atoms with Crippen molar-refractivity contribution in [3.8, 4) is 0 Å². The van der Waals surface area contributed by atoms with Gasteiger partial charge in [-0.25, -0.2) is 0 Å². The van der Waals surface area contributed by atoms with Crippen LogP contribution < -0.4 is 16.0 Å². The molecule has 0 bridgehead atoms. The van der Waals surface area contributed by atoms with Gasteiger partial charge in [0.15, 0.2) is 0 Å². The van der Waals surface area contributed by atoms with Gasteiger partial charge in [0.2, 0.25) is 11.8 Å². The number of amides is 2. The normalized spacial score (nSPS) is 10.0. The maximum absolute atomic E-state index is 11.8. The van der Waals surface area contributed by atoms with E-state index in [0.717, 1.165) is 11.3 Å². The lowest BCUT2D eigenvalue weighted by molar-refractivity contribution is -0.131. The third kappa shape index (κ3) is 4.89. The minimum absolute atomic E-state index is 0.0255. The monoisotopic (exact) mass is 278 g/mol. The molecule has 0 saturated carbocycles. The Kier molecular flexibility index (Phi) is 5.99. The topological polar surface area (TPSA) is 78.7 Å². The van der Waals surface area contributed by atoms with Gasteiger partial charge < -0.3 is 20.9 Å². The number of anilines is 1. The second-order valence-electron chi connectivity index (χ2n) is 4.79. The summed E-state index contributed by atoms with van der Waals surface area (Å²) in [4.78, 5) is 26.4. The summed E-state index contributed by atoms with van der Waals surface area (Å²) in [5.41, 5.74) is 7.30. The number of nitrogens with zero attached hydrogens (tertiary/aromatic N) is 2. The van der Waals surface area contributed by atoms with Gasteiger partial charge in [-0.3, -0.25) is 9.59 Å². The minimum Gasteiger partial charge on any atom is -0.378 e. The van der Waals surface area contributed by atoms with Crippen molar-refractivity contribution in [2.24, 2.45) is 5.73 Å². The molecule has 2 amide bonds. The minimum atomic E-state index is -0.331. The zero-order valence-electron chi connectivity index (χ0n) is 12.2. The Bertz CT molecular complexity index is 457. The Balaban J connectivity index is 2.50. The van der Waals surface area contributed by atoms with E-state index in [0.29, 0.717) is 6.54 Å². The predicted octanol–water partition coefficient (Wildman–Crippen LogP) is -0.214. The predicted molar refractivity (Wildman–Crippen MR) is 79.3 cm³/mol. The lowest BCUT2D eigenvalue weighted by Gasteiger charge is -2.18. The van der Waals surface area contributed by atoms with Gasteiger partial charge in [0.25, 0.3) is 0 Å². The van der Waals surface area contributed by atoms with Gasteiger partial charge in [-0.05, 0) is 17.7 Å². The van der Waals surface area contributed by atoms with E-state index in [4.69, 9.17) is 5.73 Å². The molecule has 0 spiro atoms. The van der Waals surface area contributed by atoms with Gasteiger partial charge in [-0.15, -0.1) is 0 Å². The molecule has 0 aliphatic heterocycles. The van der Waals surface area contributed by atoms with Crippen LogP contribution in [0.4, 0.5) is 5.69 Å². The Labute approximate surface area is 119 Å². The Morgan fingerprint density at radius 3 is 2.25 bits per heavy atom. The molecule has 0 radical (unpaired) electrons. The second-order valence-corrected chi connectivity index (χ2v) is 4.79. The fourth-order valence-electron chi connectivity index (χ4n) is 1.64. The van der Waals surface area contributed by atoms with Crippen LogP contribution in [0.25, 0.3) is 0 Å². The van der Waals surface area contributed by atoms with E-state index in [1.165, 1.54) is 0 Å². The van der Waals surface area contributed by atoms with E-state index in [9.17, 15) is 9.59 Å². The Hall–Kier alpha value is -2.08. The molecule has 6 heteroatoms. The number of hydrogen-bond donors (Lipinski definition) is 2. The van der Waals surface area contributed by atoms with Crippen molar-refractivity contribution < 1.29 is 9.59 Å². The first-order valence-electron chi connectivity index (χ1n) is 6.41. The first-order valence-corrected chi connectivity index (χ1v) is 6.41. The largest absolute Gasteiger partial charge is 0.378 e. The summed E-state index contributed by atoms with van der Waals surface area (Å²) in [5, 5.41) is 2.46. The summed E-state index contributed by atoms with van der Waals surface area (Å²) in [6.45, 7) is 0.371. The van der Waals surface area contributed by atoms with Crippen LogP contribution >= 0.6 is 0 Å². The summed E-state index contributed by atoms with van der Waals surface area (Å²) in [6, 6.07) is 7.98. The van der Waals surface area contributed by atoms with E-state index >= 15 is 0 Å². The van der Waals surface area contributed by atoms with Crippen LogP contribution in [0.1, 0.15) is 5.56 Å². The summed E-state index contributed by atoms with van der Waals surface area (Å²) >= 11 is 0.